The fourth-order valence-corrected chi connectivity index (χ4v) is 2.99. The number of esters is 1. The summed E-state index contributed by atoms with van der Waals surface area (Å²) < 4.78 is 5.25. The second-order valence-electron chi connectivity index (χ2n) is 5.83. The zero-order valence-corrected chi connectivity index (χ0v) is 12.7. The van der Waals surface area contributed by atoms with Crippen molar-refractivity contribution in [2.45, 2.75) is 64.2 Å². The molecule has 2 rings (SSSR count). The highest BCUT2D eigenvalue weighted by molar-refractivity contribution is 6.34. The zero-order chi connectivity index (χ0) is 15.1. The van der Waals surface area contributed by atoms with Crippen molar-refractivity contribution in [3.8, 4) is 0 Å². The van der Waals surface area contributed by atoms with Gasteiger partial charge in [-0.15, -0.1) is 6.58 Å². The van der Waals surface area contributed by atoms with Gasteiger partial charge in [-0.3, -0.25) is 9.69 Å². The van der Waals surface area contributed by atoms with Gasteiger partial charge in [0.2, 0.25) is 5.88 Å². The third-order valence-electron chi connectivity index (χ3n) is 4.16. The van der Waals surface area contributed by atoms with E-state index in [0.29, 0.717) is 18.8 Å². The molecule has 2 aliphatic heterocycles. The van der Waals surface area contributed by atoms with Crippen LogP contribution in [0.3, 0.4) is 0 Å². The van der Waals surface area contributed by atoms with Crippen molar-refractivity contribution in [1.82, 2.24) is 4.90 Å². The molecule has 21 heavy (non-hydrogen) atoms. The van der Waals surface area contributed by atoms with E-state index in [1.807, 2.05) is 6.08 Å². The molecule has 1 amide bonds. The summed E-state index contributed by atoms with van der Waals surface area (Å²) in [7, 11) is 0. The van der Waals surface area contributed by atoms with Crippen LogP contribution >= 0.6 is 0 Å². The van der Waals surface area contributed by atoms with Crippen molar-refractivity contribution in [1.29, 1.82) is 0 Å². The molecule has 4 heteroatoms. The molecule has 0 saturated carbocycles. The van der Waals surface area contributed by atoms with E-state index in [1.54, 1.807) is 4.90 Å². The van der Waals surface area contributed by atoms with Gasteiger partial charge in [0.05, 0.1) is 0 Å². The molecule has 1 saturated heterocycles. The predicted octanol–water partition coefficient (Wildman–Crippen LogP) is 3.68. The van der Waals surface area contributed by atoms with Crippen molar-refractivity contribution >= 4 is 11.9 Å². The van der Waals surface area contributed by atoms with Crippen molar-refractivity contribution in [3.63, 3.8) is 0 Å². The number of rotatable bonds is 2. The molecule has 4 nitrogen and oxygen atoms in total. The van der Waals surface area contributed by atoms with Crippen molar-refractivity contribution in [3.05, 3.63) is 24.1 Å². The van der Waals surface area contributed by atoms with Crippen LogP contribution in [0.5, 0.6) is 0 Å². The standard InChI is InChI=1S/C17H25NO3/c1-2-11-14-12-9-7-5-3-4-6-8-10-13-18-15(19)17(20)21-16(14)18/h2H,1,3-13H2/b16-14+. The van der Waals surface area contributed by atoms with E-state index in [1.165, 1.54) is 32.1 Å². The number of hydrogen-bond acceptors (Lipinski definition) is 3. The van der Waals surface area contributed by atoms with Crippen LogP contribution in [0.1, 0.15) is 64.2 Å². The average molecular weight is 291 g/mol. The molecule has 0 aromatic heterocycles. The van der Waals surface area contributed by atoms with E-state index in [4.69, 9.17) is 4.74 Å². The van der Waals surface area contributed by atoms with Gasteiger partial charge < -0.3 is 4.74 Å². The zero-order valence-electron chi connectivity index (χ0n) is 12.7. The normalized spacial score (nSPS) is 25.4. The lowest BCUT2D eigenvalue weighted by atomic mass is 10.0. The Morgan fingerprint density at radius 2 is 1.62 bits per heavy atom. The van der Waals surface area contributed by atoms with Crippen molar-refractivity contribution in [2.75, 3.05) is 6.54 Å². The maximum Gasteiger partial charge on any atom is 0.404 e. The number of hydrogen-bond donors (Lipinski definition) is 0. The lowest BCUT2D eigenvalue weighted by Crippen LogP contribution is -2.28. The third-order valence-corrected chi connectivity index (χ3v) is 4.16. The molecule has 0 radical (unpaired) electrons. The highest BCUT2D eigenvalue weighted by Gasteiger charge is 2.37. The summed E-state index contributed by atoms with van der Waals surface area (Å²) in [5.41, 5.74) is 1.03. The quantitative estimate of drug-likeness (QED) is 0.443. The fourth-order valence-electron chi connectivity index (χ4n) is 2.99. The van der Waals surface area contributed by atoms with E-state index < -0.39 is 11.9 Å². The van der Waals surface area contributed by atoms with Gasteiger partial charge in [-0.25, -0.2) is 4.79 Å². The first kappa shape index (κ1) is 15.8. The Bertz CT molecular complexity index is 439. The van der Waals surface area contributed by atoms with E-state index in [-0.39, 0.29) is 0 Å². The molecule has 0 aromatic carbocycles. The molecule has 0 spiro atoms. The Labute approximate surface area is 126 Å². The summed E-state index contributed by atoms with van der Waals surface area (Å²) >= 11 is 0. The Kier molecular flexibility index (Phi) is 6.03. The molecule has 0 aliphatic carbocycles. The molecule has 0 atom stereocenters. The average Bonchev–Trinajstić information content (AvgIpc) is 2.76. The topological polar surface area (TPSA) is 46.6 Å². The third kappa shape index (κ3) is 4.19. The van der Waals surface area contributed by atoms with Gasteiger partial charge in [0, 0.05) is 6.54 Å². The minimum Gasteiger partial charge on any atom is -0.402 e. The predicted molar refractivity (Wildman–Crippen MR) is 81.2 cm³/mol. The number of allylic oxidation sites excluding steroid dienone is 2. The fraction of sp³-hybridized carbons (Fsp3) is 0.647. The van der Waals surface area contributed by atoms with Gasteiger partial charge in [-0.05, 0) is 31.3 Å². The molecular weight excluding hydrogens is 266 g/mol. The maximum atomic E-state index is 12.0. The second-order valence-corrected chi connectivity index (χ2v) is 5.83. The number of nitrogens with zero attached hydrogens (tertiary/aromatic N) is 1. The maximum absolute atomic E-state index is 12.0. The lowest BCUT2D eigenvalue weighted by Gasteiger charge is -2.17. The molecule has 1 fully saturated rings. The first-order valence-electron chi connectivity index (χ1n) is 8.10. The lowest BCUT2D eigenvalue weighted by molar-refractivity contribution is -0.147. The highest BCUT2D eigenvalue weighted by atomic mass is 16.6. The van der Waals surface area contributed by atoms with E-state index in [9.17, 15) is 9.59 Å². The molecule has 116 valence electrons. The van der Waals surface area contributed by atoms with Crippen LogP contribution in [-0.2, 0) is 14.3 Å². The van der Waals surface area contributed by atoms with Gasteiger partial charge in [0.25, 0.3) is 0 Å². The highest BCUT2D eigenvalue weighted by Crippen LogP contribution is 2.27. The van der Waals surface area contributed by atoms with Gasteiger partial charge in [-0.2, -0.15) is 0 Å². The summed E-state index contributed by atoms with van der Waals surface area (Å²) in [6.07, 6.45) is 12.7. The molecule has 0 bridgehead atoms. The van der Waals surface area contributed by atoms with E-state index in [0.717, 1.165) is 31.3 Å². The van der Waals surface area contributed by atoms with Crippen LogP contribution in [0, 0.1) is 0 Å². The summed E-state index contributed by atoms with van der Waals surface area (Å²) in [6, 6.07) is 0. The Hall–Kier alpha value is -1.58. The molecule has 2 heterocycles. The van der Waals surface area contributed by atoms with E-state index in [2.05, 4.69) is 6.58 Å². The van der Waals surface area contributed by atoms with Gasteiger partial charge in [-0.1, -0.05) is 44.6 Å². The second kappa shape index (κ2) is 8.01. The van der Waals surface area contributed by atoms with Crippen molar-refractivity contribution in [2.24, 2.45) is 0 Å². The van der Waals surface area contributed by atoms with Crippen LogP contribution < -0.4 is 0 Å². The number of amides is 1. The van der Waals surface area contributed by atoms with Gasteiger partial charge in [0.1, 0.15) is 0 Å². The molecule has 0 N–H and O–H groups in total. The van der Waals surface area contributed by atoms with Crippen LogP contribution in [0.15, 0.2) is 24.1 Å². The van der Waals surface area contributed by atoms with Crippen LogP contribution in [0.2, 0.25) is 0 Å². The summed E-state index contributed by atoms with van der Waals surface area (Å²) in [4.78, 5) is 25.1. The monoisotopic (exact) mass is 291 g/mol. The van der Waals surface area contributed by atoms with Gasteiger partial charge in [0.15, 0.2) is 0 Å². The molecule has 0 unspecified atom stereocenters. The first-order chi connectivity index (χ1) is 10.2. The largest absolute Gasteiger partial charge is 0.404 e. The van der Waals surface area contributed by atoms with Gasteiger partial charge >= 0.3 is 11.9 Å². The van der Waals surface area contributed by atoms with Crippen LogP contribution in [0.25, 0.3) is 0 Å². The van der Waals surface area contributed by atoms with Crippen LogP contribution in [-0.4, -0.2) is 23.3 Å². The van der Waals surface area contributed by atoms with Crippen molar-refractivity contribution < 1.29 is 14.3 Å². The molecule has 2 aliphatic rings. The Morgan fingerprint density at radius 3 is 2.29 bits per heavy atom. The summed E-state index contributed by atoms with van der Waals surface area (Å²) in [6.45, 7) is 4.36. The summed E-state index contributed by atoms with van der Waals surface area (Å²) in [5.74, 6) is -0.760. The minimum absolute atomic E-state index is 0.490. The number of carbonyl (C=O) groups is 2. The van der Waals surface area contributed by atoms with Crippen LogP contribution in [0.4, 0.5) is 0 Å². The van der Waals surface area contributed by atoms with E-state index >= 15 is 0 Å². The summed E-state index contributed by atoms with van der Waals surface area (Å²) in [5, 5.41) is 0. The number of carbonyl (C=O) groups excluding carboxylic acids is 2. The SMILES string of the molecule is C=CC/C1=C2\OC(=O)C(=O)N2CCCCCCCCCC1. The minimum atomic E-state index is -0.737. The molecular formula is C17H25NO3. The first-order valence-corrected chi connectivity index (χ1v) is 8.10. The smallest absolute Gasteiger partial charge is 0.402 e. The molecule has 0 aromatic rings. The number of fused-ring (bicyclic) bond motifs is 1. The Morgan fingerprint density at radius 1 is 1.00 bits per heavy atom. The number of ether oxygens (including phenoxy) is 1. The Balaban J connectivity index is 2.19.